The van der Waals surface area contributed by atoms with E-state index in [1.165, 1.54) is 28.7 Å². The van der Waals surface area contributed by atoms with Gasteiger partial charge in [-0.3, -0.25) is 4.79 Å². The molecule has 4 nitrogen and oxygen atoms in total. The van der Waals surface area contributed by atoms with Gasteiger partial charge in [-0.15, -0.1) is 11.3 Å². The van der Waals surface area contributed by atoms with Gasteiger partial charge in [-0.2, -0.15) is 0 Å². The van der Waals surface area contributed by atoms with Crippen molar-refractivity contribution in [3.05, 3.63) is 52.7 Å². The maximum Gasteiger partial charge on any atom is 0.235 e. The molecule has 4 rings (SSSR count). The summed E-state index contributed by atoms with van der Waals surface area (Å²) in [4.78, 5) is 26.2. The van der Waals surface area contributed by atoms with Gasteiger partial charge in [0.1, 0.15) is 16.2 Å². The Morgan fingerprint density at radius 3 is 2.81 bits per heavy atom. The monoisotopic (exact) mass is 397 g/mol. The quantitative estimate of drug-likeness (QED) is 0.462. The number of nitrogens with zero attached hydrogens (tertiary/aromatic N) is 3. The third kappa shape index (κ3) is 3.87. The maximum absolute atomic E-state index is 12.9. The van der Waals surface area contributed by atoms with Crippen LogP contribution in [0, 0.1) is 0 Å². The van der Waals surface area contributed by atoms with Crippen LogP contribution in [0.15, 0.2) is 41.7 Å². The summed E-state index contributed by atoms with van der Waals surface area (Å²) in [5, 5.41) is 1.96. The Hall–Kier alpha value is -1.92. The molecule has 0 saturated carbocycles. The van der Waals surface area contributed by atoms with Crippen molar-refractivity contribution in [1.29, 1.82) is 0 Å². The van der Waals surface area contributed by atoms with Crippen molar-refractivity contribution in [2.45, 2.75) is 49.4 Å². The predicted octanol–water partition coefficient (Wildman–Crippen LogP) is 4.71. The van der Waals surface area contributed by atoms with Crippen LogP contribution in [-0.4, -0.2) is 33.1 Å². The van der Waals surface area contributed by atoms with Crippen LogP contribution < -0.4 is 0 Å². The molecular formula is C21H23N3OS2. The molecule has 2 heterocycles. The molecule has 1 aliphatic rings. The third-order valence-electron chi connectivity index (χ3n) is 4.99. The molecular weight excluding hydrogens is 374 g/mol. The minimum absolute atomic E-state index is 0.125. The number of benzene rings is 1. The van der Waals surface area contributed by atoms with Crippen LogP contribution in [0.1, 0.15) is 35.8 Å². The first-order valence-corrected chi connectivity index (χ1v) is 11.0. The molecule has 0 radical (unpaired) electrons. The summed E-state index contributed by atoms with van der Waals surface area (Å²) in [6, 6.07) is 10.1. The summed E-state index contributed by atoms with van der Waals surface area (Å²) < 4.78 is 0. The Kier molecular flexibility index (Phi) is 5.45. The average Bonchev–Trinajstić information content (AvgIpc) is 3.07. The molecule has 0 spiro atoms. The average molecular weight is 398 g/mol. The van der Waals surface area contributed by atoms with E-state index in [-0.39, 0.29) is 11.2 Å². The van der Waals surface area contributed by atoms with E-state index in [9.17, 15) is 4.79 Å². The molecule has 0 bridgehead atoms. The first-order valence-electron chi connectivity index (χ1n) is 9.34. The van der Waals surface area contributed by atoms with E-state index in [4.69, 9.17) is 0 Å². The minimum atomic E-state index is -0.184. The van der Waals surface area contributed by atoms with Gasteiger partial charge in [0.25, 0.3) is 0 Å². The highest BCUT2D eigenvalue weighted by Gasteiger charge is 2.24. The standard InChI is InChI=1S/C21H23N3OS2/c1-14(21(25)24(2)12-15-8-4-3-5-9-15)26-19-18-16-10-6-7-11-17(16)27-20(18)23-13-22-19/h3-5,8-9,13-14H,6-7,10-12H2,1-2H3/t14-/m0/s1. The van der Waals surface area contributed by atoms with Crippen LogP contribution in [0.2, 0.25) is 0 Å². The molecule has 0 unspecified atom stereocenters. The zero-order valence-corrected chi connectivity index (χ0v) is 17.3. The van der Waals surface area contributed by atoms with Crippen LogP contribution >= 0.6 is 23.1 Å². The zero-order valence-electron chi connectivity index (χ0n) is 15.6. The molecule has 2 aromatic heterocycles. The SMILES string of the molecule is C[C@H](Sc1ncnc2sc3c(c12)CCCC3)C(=O)N(C)Cc1ccccc1. The lowest BCUT2D eigenvalue weighted by Crippen LogP contribution is -2.32. The van der Waals surface area contributed by atoms with Crippen molar-refractivity contribution in [2.24, 2.45) is 0 Å². The van der Waals surface area contributed by atoms with Gasteiger partial charge in [-0.05, 0) is 43.7 Å². The highest BCUT2D eigenvalue weighted by Crippen LogP contribution is 2.40. The maximum atomic E-state index is 12.9. The molecule has 0 saturated heterocycles. The van der Waals surface area contributed by atoms with Gasteiger partial charge < -0.3 is 4.90 Å². The lowest BCUT2D eigenvalue weighted by Gasteiger charge is -2.21. The fourth-order valence-electron chi connectivity index (χ4n) is 3.61. The minimum Gasteiger partial charge on any atom is -0.340 e. The number of thiophene rings is 1. The largest absolute Gasteiger partial charge is 0.340 e. The third-order valence-corrected chi connectivity index (χ3v) is 7.28. The van der Waals surface area contributed by atoms with Crippen molar-refractivity contribution in [1.82, 2.24) is 14.9 Å². The number of carbonyl (C=O) groups excluding carboxylic acids is 1. The molecule has 6 heteroatoms. The number of aromatic nitrogens is 2. The van der Waals surface area contributed by atoms with E-state index >= 15 is 0 Å². The van der Waals surface area contributed by atoms with Gasteiger partial charge in [0.2, 0.25) is 5.91 Å². The van der Waals surface area contributed by atoms with Gasteiger partial charge >= 0.3 is 0 Å². The fraction of sp³-hybridized carbons (Fsp3) is 0.381. The number of rotatable bonds is 5. The Bertz CT molecular complexity index is 955. The van der Waals surface area contributed by atoms with E-state index in [0.717, 1.165) is 28.3 Å². The van der Waals surface area contributed by atoms with Crippen LogP contribution in [0.4, 0.5) is 0 Å². The second kappa shape index (κ2) is 7.98. The zero-order chi connectivity index (χ0) is 18.8. The van der Waals surface area contributed by atoms with Crippen molar-refractivity contribution >= 4 is 39.2 Å². The lowest BCUT2D eigenvalue weighted by molar-refractivity contribution is -0.129. The molecule has 0 fully saturated rings. The molecule has 1 aliphatic carbocycles. The van der Waals surface area contributed by atoms with Gasteiger partial charge in [-0.25, -0.2) is 9.97 Å². The molecule has 140 valence electrons. The molecule has 1 aromatic carbocycles. The Morgan fingerprint density at radius 1 is 1.22 bits per heavy atom. The normalized spacial score (nSPS) is 14.7. The molecule has 1 amide bonds. The predicted molar refractivity (Wildman–Crippen MR) is 112 cm³/mol. The molecule has 27 heavy (non-hydrogen) atoms. The summed E-state index contributed by atoms with van der Waals surface area (Å²) in [5.74, 6) is 0.125. The van der Waals surface area contributed by atoms with E-state index in [2.05, 4.69) is 9.97 Å². The number of hydrogen-bond donors (Lipinski definition) is 0. The summed E-state index contributed by atoms with van der Waals surface area (Å²) in [6.45, 7) is 2.60. The number of thioether (sulfide) groups is 1. The van der Waals surface area contributed by atoms with E-state index < -0.39 is 0 Å². The second-order valence-corrected chi connectivity index (χ2v) is 9.42. The summed E-state index contributed by atoms with van der Waals surface area (Å²) in [7, 11) is 1.87. The van der Waals surface area contributed by atoms with Crippen molar-refractivity contribution in [3.63, 3.8) is 0 Å². The van der Waals surface area contributed by atoms with Gasteiger partial charge in [-0.1, -0.05) is 42.1 Å². The van der Waals surface area contributed by atoms with Crippen molar-refractivity contribution < 1.29 is 4.79 Å². The molecule has 3 aromatic rings. The highest BCUT2D eigenvalue weighted by molar-refractivity contribution is 8.00. The Morgan fingerprint density at radius 2 is 2.00 bits per heavy atom. The number of carbonyl (C=O) groups is 1. The first kappa shape index (κ1) is 18.4. The van der Waals surface area contributed by atoms with E-state index in [1.54, 1.807) is 34.3 Å². The summed E-state index contributed by atoms with van der Waals surface area (Å²) >= 11 is 3.36. The number of amides is 1. The van der Waals surface area contributed by atoms with Crippen LogP contribution in [-0.2, 0) is 24.2 Å². The second-order valence-electron chi connectivity index (χ2n) is 7.01. The van der Waals surface area contributed by atoms with Gasteiger partial charge in [0, 0.05) is 23.9 Å². The molecule has 0 aliphatic heterocycles. The van der Waals surface area contributed by atoms with Crippen molar-refractivity contribution in [2.75, 3.05) is 7.05 Å². The number of aryl methyl sites for hydroxylation is 2. The summed E-state index contributed by atoms with van der Waals surface area (Å²) in [6.07, 6.45) is 6.37. The number of hydrogen-bond acceptors (Lipinski definition) is 5. The molecule has 1 atom stereocenters. The summed E-state index contributed by atoms with van der Waals surface area (Å²) in [5.41, 5.74) is 2.56. The van der Waals surface area contributed by atoms with Crippen LogP contribution in [0.5, 0.6) is 0 Å². The van der Waals surface area contributed by atoms with E-state index in [0.29, 0.717) is 6.54 Å². The van der Waals surface area contributed by atoms with Gasteiger partial charge in [0.15, 0.2) is 0 Å². The Balaban J connectivity index is 1.53. The number of fused-ring (bicyclic) bond motifs is 3. The van der Waals surface area contributed by atoms with Crippen molar-refractivity contribution in [3.8, 4) is 0 Å². The molecule has 0 N–H and O–H groups in total. The smallest absolute Gasteiger partial charge is 0.235 e. The first-order chi connectivity index (χ1) is 13.1. The van der Waals surface area contributed by atoms with Gasteiger partial charge in [0.05, 0.1) is 5.25 Å². The Labute approximate surface area is 168 Å². The van der Waals surface area contributed by atoms with E-state index in [1.807, 2.05) is 44.3 Å². The van der Waals surface area contributed by atoms with Crippen LogP contribution in [0.3, 0.4) is 0 Å². The van der Waals surface area contributed by atoms with Crippen LogP contribution in [0.25, 0.3) is 10.2 Å². The topological polar surface area (TPSA) is 46.1 Å². The fourth-order valence-corrected chi connectivity index (χ4v) is 5.97. The highest BCUT2D eigenvalue weighted by atomic mass is 32.2. The lowest BCUT2D eigenvalue weighted by atomic mass is 9.97.